The van der Waals surface area contributed by atoms with Gasteiger partial charge in [0, 0.05) is 55.0 Å². The molecule has 3 heterocycles. The molecule has 1 aliphatic carbocycles. The highest BCUT2D eigenvalue weighted by molar-refractivity contribution is 8.00. The van der Waals surface area contributed by atoms with Crippen molar-refractivity contribution < 1.29 is 23.1 Å². The zero-order valence-corrected chi connectivity index (χ0v) is 23.3. The van der Waals surface area contributed by atoms with Gasteiger partial charge in [0.25, 0.3) is 0 Å². The summed E-state index contributed by atoms with van der Waals surface area (Å²) in [5.41, 5.74) is 0.729. The normalized spacial score (nSPS) is 23.1. The number of nitrogens with zero attached hydrogens (tertiary/aromatic N) is 4. The van der Waals surface area contributed by atoms with Gasteiger partial charge < -0.3 is 14.9 Å². The summed E-state index contributed by atoms with van der Waals surface area (Å²) in [6.45, 7) is 2.28. The van der Waals surface area contributed by atoms with E-state index in [-0.39, 0.29) is 16.7 Å². The lowest BCUT2D eigenvalue weighted by Gasteiger charge is -2.35. The maximum atomic E-state index is 13.3. The van der Waals surface area contributed by atoms with E-state index < -0.39 is 16.0 Å². The number of thioether (sulfide) groups is 1. The van der Waals surface area contributed by atoms with Crippen molar-refractivity contribution in [3.8, 4) is 0 Å². The standard InChI is InChI=1S/C26H31ClN4O5S2/c27-23-16-21(37-20-7-3-18(4-8-20)26(33)34)17-24(28-23)29-12-14-30(15-13-29)38(35,36)22-9-5-19(6-10-22)31-11-1-2-25(31)32/h5-6,9-10,16-18,20H,1-4,7-8,11-15H2,(H,33,34)/t18-,20-. The second-order valence-corrected chi connectivity index (χ2v) is 13.6. The van der Waals surface area contributed by atoms with Gasteiger partial charge in [-0.1, -0.05) is 11.6 Å². The number of sulfonamides is 1. The van der Waals surface area contributed by atoms with E-state index in [0.29, 0.717) is 62.4 Å². The molecule has 0 bridgehead atoms. The van der Waals surface area contributed by atoms with Crippen LogP contribution in [0.3, 0.4) is 0 Å². The molecule has 38 heavy (non-hydrogen) atoms. The zero-order valence-electron chi connectivity index (χ0n) is 21.0. The Morgan fingerprint density at radius 1 is 1.00 bits per heavy atom. The third-order valence-corrected chi connectivity index (χ3v) is 10.9. The maximum Gasteiger partial charge on any atom is 0.306 e. The molecule has 1 amide bonds. The molecule has 0 unspecified atom stereocenters. The van der Waals surface area contributed by atoms with E-state index in [0.717, 1.165) is 35.7 Å². The van der Waals surface area contributed by atoms with Crippen LogP contribution in [-0.4, -0.2) is 72.7 Å². The van der Waals surface area contributed by atoms with E-state index >= 15 is 0 Å². The quantitative estimate of drug-likeness (QED) is 0.489. The van der Waals surface area contributed by atoms with Crippen LogP contribution >= 0.6 is 23.4 Å². The molecule has 12 heteroatoms. The first-order chi connectivity index (χ1) is 18.2. The van der Waals surface area contributed by atoms with Crippen molar-refractivity contribution in [2.75, 3.05) is 42.5 Å². The molecule has 0 radical (unpaired) electrons. The topological polar surface area (TPSA) is 111 Å². The highest BCUT2D eigenvalue weighted by Crippen LogP contribution is 2.38. The van der Waals surface area contributed by atoms with Crippen LogP contribution in [0.25, 0.3) is 0 Å². The Hall–Kier alpha value is -2.34. The number of hydrogen-bond donors (Lipinski definition) is 1. The molecular weight excluding hydrogens is 548 g/mol. The lowest BCUT2D eigenvalue weighted by Crippen LogP contribution is -2.48. The number of amides is 1. The SMILES string of the molecule is O=C1CCCN1c1ccc(S(=O)(=O)N2CCN(c3cc(S[C@H]4CC[C@H](C(=O)O)CC4)cc(Cl)n3)CC2)cc1. The fourth-order valence-electron chi connectivity index (χ4n) is 5.34. The van der Waals surface area contributed by atoms with Gasteiger partial charge in [-0.2, -0.15) is 4.31 Å². The molecule has 3 aliphatic rings. The minimum Gasteiger partial charge on any atom is -0.481 e. The summed E-state index contributed by atoms with van der Waals surface area (Å²) in [6, 6.07) is 10.4. The number of benzene rings is 1. The van der Waals surface area contributed by atoms with Gasteiger partial charge >= 0.3 is 5.97 Å². The van der Waals surface area contributed by atoms with Crippen molar-refractivity contribution in [3.63, 3.8) is 0 Å². The van der Waals surface area contributed by atoms with Crippen LogP contribution in [0.2, 0.25) is 5.15 Å². The molecule has 1 aromatic heterocycles. The first-order valence-corrected chi connectivity index (χ1v) is 15.6. The van der Waals surface area contributed by atoms with Crippen molar-refractivity contribution >= 4 is 56.8 Å². The number of halogens is 1. The molecule has 3 fully saturated rings. The molecule has 9 nitrogen and oxygen atoms in total. The molecule has 2 aromatic rings. The smallest absolute Gasteiger partial charge is 0.306 e. The van der Waals surface area contributed by atoms with Crippen LogP contribution in [-0.2, 0) is 19.6 Å². The Balaban J connectivity index is 1.20. The summed E-state index contributed by atoms with van der Waals surface area (Å²) in [7, 11) is -3.66. The lowest BCUT2D eigenvalue weighted by atomic mass is 9.89. The van der Waals surface area contributed by atoms with Gasteiger partial charge in [0.05, 0.1) is 10.8 Å². The maximum absolute atomic E-state index is 13.3. The largest absolute Gasteiger partial charge is 0.481 e. The van der Waals surface area contributed by atoms with E-state index in [9.17, 15) is 23.1 Å². The Kier molecular flexibility index (Phi) is 8.18. The number of hydrogen-bond acceptors (Lipinski definition) is 7. The number of piperazine rings is 1. The predicted octanol–water partition coefficient (Wildman–Crippen LogP) is 4.11. The Morgan fingerprint density at radius 3 is 2.29 bits per heavy atom. The fourth-order valence-corrected chi connectivity index (χ4v) is 8.27. The van der Waals surface area contributed by atoms with Crippen molar-refractivity contribution in [1.82, 2.24) is 9.29 Å². The summed E-state index contributed by atoms with van der Waals surface area (Å²) in [4.78, 5) is 32.7. The van der Waals surface area contributed by atoms with Crippen molar-refractivity contribution in [2.45, 2.75) is 53.6 Å². The molecular formula is C26H31ClN4O5S2. The van der Waals surface area contributed by atoms with Gasteiger partial charge in [-0.05, 0) is 68.5 Å². The van der Waals surface area contributed by atoms with E-state index in [4.69, 9.17) is 11.6 Å². The molecule has 204 valence electrons. The second kappa shape index (κ2) is 11.4. The first-order valence-electron chi connectivity index (χ1n) is 12.9. The van der Waals surface area contributed by atoms with Gasteiger partial charge in [-0.25, -0.2) is 13.4 Å². The molecule has 2 saturated heterocycles. The van der Waals surface area contributed by atoms with Gasteiger partial charge in [0.15, 0.2) is 0 Å². The number of aromatic nitrogens is 1. The summed E-state index contributed by atoms with van der Waals surface area (Å²) >= 11 is 8.05. The third-order valence-electron chi connectivity index (χ3n) is 7.50. The first kappa shape index (κ1) is 27.2. The molecule has 1 N–H and O–H groups in total. The van der Waals surface area contributed by atoms with Gasteiger partial charge in [-0.15, -0.1) is 11.8 Å². The van der Waals surface area contributed by atoms with Crippen LogP contribution in [0.1, 0.15) is 38.5 Å². The number of carboxylic acid groups (broad SMARTS) is 1. The Labute approximate surface area is 232 Å². The number of aliphatic carboxylic acids is 1. The third kappa shape index (κ3) is 5.95. The van der Waals surface area contributed by atoms with E-state index in [1.165, 1.54) is 4.31 Å². The molecule has 0 atom stereocenters. The number of carboxylic acids is 1. The molecule has 5 rings (SSSR count). The predicted molar refractivity (Wildman–Crippen MR) is 147 cm³/mol. The minimum absolute atomic E-state index is 0.0680. The number of carbonyl (C=O) groups excluding carboxylic acids is 1. The van der Waals surface area contributed by atoms with E-state index in [1.807, 2.05) is 17.0 Å². The van der Waals surface area contributed by atoms with Gasteiger partial charge in [-0.3, -0.25) is 9.59 Å². The van der Waals surface area contributed by atoms with E-state index in [1.54, 1.807) is 40.9 Å². The van der Waals surface area contributed by atoms with Gasteiger partial charge in [0.2, 0.25) is 15.9 Å². The highest BCUT2D eigenvalue weighted by Gasteiger charge is 2.31. The van der Waals surface area contributed by atoms with Crippen LogP contribution in [0.4, 0.5) is 11.5 Å². The van der Waals surface area contributed by atoms with Crippen molar-refractivity contribution in [2.24, 2.45) is 5.92 Å². The van der Waals surface area contributed by atoms with Gasteiger partial charge in [0.1, 0.15) is 11.0 Å². The summed E-state index contributed by atoms with van der Waals surface area (Å²) in [5, 5.41) is 9.96. The molecule has 0 spiro atoms. The average Bonchev–Trinajstić information content (AvgIpc) is 3.34. The number of rotatable bonds is 7. The molecule has 1 aromatic carbocycles. The molecule has 1 saturated carbocycles. The number of pyridine rings is 1. The fraction of sp³-hybridized carbons (Fsp3) is 0.500. The van der Waals surface area contributed by atoms with Crippen LogP contribution in [0, 0.1) is 5.92 Å². The second-order valence-electron chi connectivity index (χ2n) is 9.95. The Bertz CT molecular complexity index is 1290. The zero-order chi connectivity index (χ0) is 26.9. The summed E-state index contributed by atoms with van der Waals surface area (Å²) < 4.78 is 28.0. The minimum atomic E-state index is -3.66. The van der Waals surface area contributed by atoms with Crippen molar-refractivity contribution in [1.29, 1.82) is 0 Å². The highest BCUT2D eigenvalue weighted by atomic mass is 35.5. The average molecular weight is 579 g/mol. The van der Waals surface area contributed by atoms with Crippen LogP contribution in [0.5, 0.6) is 0 Å². The number of carbonyl (C=O) groups is 2. The van der Waals surface area contributed by atoms with Crippen molar-refractivity contribution in [3.05, 3.63) is 41.6 Å². The summed E-state index contributed by atoms with van der Waals surface area (Å²) in [5.74, 6) is -0.169. The lowest BCUT2D eigenvalue weighted by molar-refractivity contribution is -0.142. The molecule has 2 aliphatic heterocycles. The van der Waals surface area contributed by atoms with Crippen LogP contribution in [0.15, 0.2) is 46.2 Å². The number of anilines is 2. The monoisotopic (exact) mass is 578 g/mol. The summed E-state index contributed by atoms with van der Waals surface area (Å²) in [6.07, 6.45) is 4.42. The van der Waals surface area contributed by atoms with Crippen LogP contribution < -0.4 is 9.80 Å². The van der Waals surface area contributed by atoms with E-state index in [2.05, 4.69) is 4.98 Å². The Morgan fingerprint density at radius 2 is 1.68 bits per heavy atom.